The van der Waals surface area contributed by atoms with Crippen LogP contribution in [0.3, 0.4) is 0 Å². The third kappa shape index (κ3) is 4.00. The highest BCUT2D eigenvalue weighted by molar-refractivity contribution is 7.80. The Balaban J connectivity index is 2.78. The number of anilines is 1. The number of nitrogens with two attached hydrogens (primary N) is 1. The summed E-state index contributed by atoms with van der Waals surface area (Å²) in [5.41, 5.74) is 7.77. The van der Waals surface area contributed by atoms with Crippen molar-refractivity contribution in [3.05, 3.63) is 29.8 Å². The largest absolute Gasteiger partial charge is 0.389 e. The third-order valence-electron chi connectivity index (χ3n) is 3.26. The number of rotatable bonds is 6. The Morgan fingerprint density at radius 2 is 2.00 bits per heavy atom. The highest BCUT2D eigenvalue weighted by Crippen LogP contribution is 2.18. The molecule has 17 heavy (non-hydrogen) atoms. The molecule has 94 valence electrons. The van der Waals surface area contributed by atoms with Crippen LogP contribution < -0.4 is 10.6 Å². The van der Waals surface area contributed by atoms with Gasteiger partial charge >= 0.3 is 0 Å². The molecule has 0 amide bonds. The standard InChI is InChI=1S/C14H22N2S/c1-4-11(5-2)10-16(3)13-8-6-7-12(9-13)14(15)17/h6-9,11H,4-5,10H2,1-3H3,(H2,15,17). The van der Waals surface area contributed by atoms with Gasteiger partial charge in [-0.25, -0.2) is 0 Å². The van der Waals surface area contributed by atoms with Crippen LogP contribution in [0.15, 0.2) is 24.3 Å². The van der Waals surface area contributed by atoms with Crippen LogP contribution in [0.25, 0.3) is 0 Å². The van der Waals surface area contributed by atoms with Crippen molar-refractivity contribution in [1.82, 2.24) is 0 Å². The minimum atomic E-state index is 0.461. The summed E-state index contributed by atoms with van der Waals surface area (Å²) < 4.78 is 0. The number of nitrogens with zero attached hydrogens (tertiary/aromatic N) is 1. The summed E-state index contributed by atoms with van der Waals surface area (Å²) in [7, 11) is 2.12. The zero-order valence-corrected chi connectivity index (χ0v) is 11.8. The van der Waals surface area contributed by atoms with Gasteiger partial charge in [0.25, 0.3) is 0 Å². The van der Waals surface area contributed by atoms with E-state index < -0.39 is 0 Å². The summed E-state index contributed by atoms with van der Waals surface area (Å²) in [6, 6.07) is 8.12. The van der Waals surface area contributed by atoms with Crippen molar-refractivity contribution >= 4 is 22.9 Å². The maximum Gasteiger partial charge on any atom is 0.104 e. The molecule has 0 atom stereocenters. The normalized spacial score (nSPS) is 10.6. The number of thiocarbonyl (C=S) groups is 1. The maximum absolute atomic E-state index is 5.65. The first-order valence-corrected chi connectivity index (χ1v) is 6.60. The Morgan fingerprint density at radius 1 is 1.35 bits per heavy atom. The van der Waals surface area contributed by atoms with Gasteiger partial charge in [-0.05, 0) is 18.1 Å². The molecule has 0 heterocycles. The summed E-state index contributed by atoms with van der Waals surface area (Å²) >= 11 is 5.00. The SMILES string of the molecule is CCC(CC)CN(C)c1cccc(C(N)=S)c1. The fourth-order valence-electron chi connectivity index (χ4n) is 1.94. The molecule has 0 saturated heterocycles. The number of hydrogen-bond donors (Lipinski definition) is 1. The summed E-state index contributed by atoms with van der Waals surface area (Å²) in [5.74, 6) is 0.744. The Bertz CT molecular complexity index is 372. The van der Waals surface area contributed by atoms with Crippen LogP contribution in [-0.2, 0) is 0 Å². The molecular formula is C14H22N2S. The van der Waals surface area contributed by atoms with Crippen molar-refractivity contribution in [1.29, 1.82) is 0 Å². The molecule has 0 saturated carbocycles. The first-order valence-electron chi connectivity index (χ1n) is 6.19. The van der Waals surface area contributed by atoms with Gasteiger partial charge in [0.2, 0.25) is 0 Å². The molecule has 0 radical (unpaired) electrons. The summed E-state index contributed by atoms with van der Waals surface area (Å²) in [6.07, 6.45) is 2.44. The Hall–Kier alpha value is -1.09. The Labute approximate surface area is 110 Å². The number of benzene rings is 1. The van der Waals surface area contributed by atoms with E-state index in [1.165, 1.54) is 18.5 Å². The molecular weight excluding hydrogens is 228 g/mol. The molecule has 2 N–H and O–H groups in total. The molecule has 0 aliphatic rings. The van der Waals surface area contributed by atoms with E-state index in [1.807, 2.05) is 12.1 Å². The summed E-state index contributed by atoms with van der Waals surface area (Å²) in [6.45, 7) is 5.56. The molecule has 2 nitrogen and oxygen atoms in total. The third-order valence-corrected chi connectivity index (χ3v) is 3.49. The van der Waals surface area contributed by atoms with E-state index in [0.717, 1.165) is 18.0 Å². The van der Waals surface area contributed by atoms with Gasteiger partial charge in [0.05, 0.1) is 0 Å². The zero-order valence-electron chi connectivity index (χ0n) is 10.9. The monoisotopic (exact) mass is 250 g/mol. The molecule has 0 bridgehead atoms. The van der Waals surface area contributed by atoms with Crippen LogP contribution >= 0.6 is 12.2 Å². The highest BCUT2D eigenvalue weighted by Gasteiger charge is 2.09. The first-order chi connectivity index (χ1) is 8.08. The van der Waals surface area contributed by atoms with Crippen molar-refractivity contribution in [2.45, 2.75) is 26.7 Å². The lowest BCUT2D eigenvalue weighted by molar-refractivity contribution is 0.494. The summed E-state index contributed by atoms with van der Waals surface area (Å²) in [5, 5.41) is 0. The van der Waals surface area contributed by atoms with Crippen LogP contribution in [0, 0.1) is 5.92 Å². The number of hydrogen-bond acceptors (Lipinski definition) is 2. The van der Waals surface area contributed by atoms with Crippen molar-refractivity contribution in [3.8, 4) is 0 Å². The van der Waals surface area contributed by atoms with E-state index in [2.05, 4.69) is 37.9 Å². The van der Waals surface area contributed by atoms with Crippen molar-refractivity contribution < 1.29 is 0 Å². The van der Waals surface area contributed by atoms with Gasteiger partial charge < -0.3 is 10.6 Å². The second-order valence-corrected chi connectivity index (χ2v) is 4.92. The van der Waals surface area contributed by atoms with E-state index in [0.29, 0.717) is 4.99 Å². The lowest BCUT2D eigenvalue weighted by Gasteiger charge is -2.24. The van der Waals surface area contributed by atoms with Crippen LogP contribution in [-0.4, -0.2) is 18.6 Å². The van der Waals surface area contributed by atoms with E-state index >= 15 is 0 Å². The summed E-state index contributed by atoms with van der Waals surface area (Å²) in [4.78, 5) is 2.74. The lowest BCUT2D eigenvalue weighted by atomic mass is 10.0. The molecule has 0 aliphatic heterocycles. The van der Waals surface area contributed by atoms with Gasteiger partial charge in [-0.2, -0.15) is 0 Å². The molecule has 1 rings (SSSR count). The minimum Gasteiger partial charge on any atom is -0.389 e. The lowest BCUT2D eigenvalue weighted by Crippen LogP contribution is -2.25. The van der Waals surface area contributed by atoms with Gasteiger partial charge in [-0.3, -0.25) is 0 Å². The molecule has 0 aromatic heterocycles. The predicted molar refractivity (Wildman–Crippen MR) is 79.7 cm³/mol. The first kappa shape index (κ1) is 14.0. The Kier molecular flexibility index (Phi) is 5.42. The van der Waals surface area contributed by atoms with Gasteiger partial charge in [0.15, 0.2) is 0 Å². The quantitative estimate of drug-likeness (QED) is 0.786. The molecule has 0 unspecified atom stereocenters. The highest BCUT2D eigenvalue weighted by atomic mass is 32.1. The van der Waals surface area contributed by atoms with Gasteiger partial charge in [0, 0.05) is 24.8 Å². The van der Waals surface area contributed by atoms with Crippen LogP contribution in [0.5, 0.6) is 0 Å². The average molecular weight is 250 g/mol. The van der Waals surface area contributed by atoms with Crippen LogP contribution in [0.1, 0.15) is 32.3 Å². The van der Waals surface area contributed by atoms with E-state index in [-0.39, 0.29) is 0 Å². The fraction of sp³-hybridized carbons (Fsp3) is 0.500. The second-order valence-electron chi connectivity index (χ2n) is 4.48. The average Bonchev–Trinajstić information content (AvgIpc) is 2.35. The smallest absolute Gasteiger partial charge is 0.104 e. The van der Waals surface area contributed by atoms with E-state index in [4.69, 9.17) is 18.0 Å². The fourth-order valence-corrected chi connectivity index (χ4v) is 2.06. The predicted octanol–water partition coefficient (Wildman–Crippen LogP) is 3.19. The van der Waals surface area contributed by atoms with Crippen molar-refractivity contribution in [3.63, 3.8) is 0 Å². The van der Waals surface area contributed by atoms with Gasteiger partial charge in [-0.1, -0.05) is 51.0 Å². The van der Waals surface area contributed by atoms with Crippen LogP contribution in [0.2, 0.25) is 0 Å². The van der Waals surface area contributed by atoms with E-state index in [1.54, 1.807) is 0 Å². The van der Waals surface area contributed by atoms with Crippen LogP contribution in [0.4, 0.5) is 5.69 Å². The second kappa shape index (κ2) is 6.60. The van der Waals surface area contributed by atoms with Crippen molar-refractivity contribution in [2.75, 3.05) is 18.5 Å². The van der Waals surface area contributed by atoms with E-state index in [9.17, 15) is 0 Å². The molecule has 0 spiro atoms. The molecule has 3 heteroatoms. The molecule has 0 fully saturated rings. The molecule has 1 aromatic carbocycles. The molecule has 0 aliphatic carbocycles. The molecule has 1 aromatic rings. The Morgan fingerprint density at radius 3 is 2.53 bits per heavy atom. The van der Waals surface area contributed by atoms with Gasteiger partial charge in [0.1, 0.15) is 4.99 Å². The topological polar surface area (TPSA) is 29.3 Å². The minimum absolute atomic E-state index is 0.461. The van der Waals surface area contributed by atoms with Gasteiger partial charge in [-0.15, -0.1) is 0 Å². The zero-order chi connectivity index (χ0) is 12.8. The van der Waals surface area contributed by atoms with Crippen molar-refractivity contribution in [2.24, 2.45) is 11.7 Å². The maximum atomic E-state index is 5.65.